The number of rotatable bonds is 1. The average Bonchev–Trinajstić information content (AvgIpc) is 2.48. The van der Waals surface area contributed by atoms with Crippen molar-refractivity contribution < 1.29 is 8.42 Å². The summed E-state index contributed by atoms with van der Waals surface area (Å²) in [7, 11) is -1.29. The first kappa shape index (κ1) is 10.8. The molecule has 1 unspecified atom stereocenters. The summed E-state index contributed by atoms with van der Waals surface area (Å²) in [6, 6.07) is 0. The minimum absolute atomic E-state index is 0.261. The first-order valence-corrected chi connectivity index (χ1v) is 6.97. The molecule has 0 bridgehead atoms. The van der Waals surface area contributed by atoms with E-state index in [4.69, 9.17) is 12.2 Å². The van der Waals surface area contributed by atoms with Crippen LogP contribution >= 0.6 is 12.2 Å². The van der Waals surface area contributed by atoms with Gasteiger partial charge in [-0.15, -0.1) is 0 Å². The highest BCUT2D eigenvalue weighted by Gasteiger charge is 2.33. The van der Waals surface area contributed by atoms with Gasteiger partial charge in [0.15, 0.2) is 14.6 Å². The molecule has 0 amide bonds. The zero-order valence-corrected chi connectivity index (χ0v) is 10.1. The van der Waals surface area contributed by atoms with Crippen LogP contribution in [0.1, 0.15) is 30.3 Å². The van der Waals surface area contributed by atoms with E-state index < -0.39 is 15.1 Å². The number of H-pyrrole nitrogens is 1. The Bertz CT molecular complexity index is 514. The quantitative estimate of drug-likeness (QED) is 0.755. The number of nitrogens with one attached hydrogen (secondary N) is 1. The third-order valence-corrected chi connectivity index (χ3v) is 5.32. The smallest absolute Gasteiger partial charge is 0.194 e. The second-order valence-electron chi connectivity index (χ2n) is 3.80. The van der Waals surface area contributed by atoms with Crippen molar-refractivity contribution in [1.82, 2.24) is 14.8 Å². The fraction of sp³-hybridized carbons (Fsp3) is 0.750. The maximum Gasteiger partial charge on any atom is 0.194 e. The van der Waals surface area contributed by atoms with Crippen molar-refractivity contribution in [3.8, 4) is 0 Å². The lowest BCUT2D eigenvalue weighted by atomic mass is 10.2. The number of hydrogen-bond donors (Lipinski definition) is 1. The largest absolute Gasteiger partial charge is 0.306 e. The van der Waals surface area contributed by atoms with Crippen LogP contribution in [0, 0.1) is 4.77 Å². The van der Waals surface area contributed by atoms with Gasteiger partial charge in [0.2, 0.25) is 0 Å². The van der Waals surface area contributed by atoms with Gasteiger partial charge in [0.25, 0.3) is 0 Å². The van der Waals surface area contributed by atoms with Crippen molar-refractivity contribution in [1.29, 1.82) is 0 Å². The highest BCUT2D eigenvalue weighted by atomic mass is 32.2. The van der Waals surface area contributed by atoms with E-state index >= 15 is 0 Å². The molecule has 1 N–H and O–H groups in total. The molecule has 0 aromatic carbocycles. The van der Waals surface area contributed by atoms with Crippen LogP contribution in [0.3, 0.4) is 0 Å². The number of sulfone groups is 1. The van der Waals surface area contributed by atoms with Crippen LogP contribution in [0.2, 0.25) is 0 Å². The van der Waals surface area contributed by atoms with Crippen molar-refractivity contribution in [2.45, 2.75) is 24.5 Å². The van der Waals surface area contributed by atoms with Crippen LogP contribution < -0.4 is 0 Å². The lowest BCUT2D eigenvalue weighted by Crippen LogP contribution is -2.24. The van der Waals surface area contributed by atoms with Gasteiger partial charge in [-0.05, 0) is 25.1 Å². The maximum absolute atomic E-state index is 11.8. The lowest BCUT2D eigenvalue weighted by molar-refractivity contribution is 0.532. The molecule has 0 aliphatic carbocycles. The number of hydrogen-bond acceptors (Lipinski definition) is 4. The molecule has 0 saturated carbocycles. The summed E-state index contributed by atoms with van der Waals surface area (Å²) in [5.41, 5.74) is 0. The minimum Gasteiger partial charge on any atom is -0.306 e. The molecule has 5 nitrogen and oxygen atoms in total. The van der Waals surface area contributed by atoms with E-state index in [2.05, 4.69) is 10.2 Å². The van der Waals surface area contributed by atoms with Gasteiger partial charge < -0.3 is 4.57 Å². The number of aromatic nitrogens is 3. The third kappa shape index (κ3) is 1.85. The summed E-state index contributed by atoms with van der Waals surface area (Å²) in [6.45, 7) is 0. The Hall–Kier alpha value is -0.690. The zero-order valence-electron chi connectivity index (χ0n) is 8.43. The second-order valence-corrected chi connectivity index (χ2v) is 6.49. The Balaban J connectivity index is 2.46. The molecule has 15 heavy (non-hydrogen) atoms. The summed E-state index contributed by atoms with van der Waals surface area (Å²) in [5, 5.41) is 6.14. The van der Waals surface area contributed by atoms with Crippen molar-refractivity contribution >= 4 is 22.1 Å². The summed E-state index contributed by atoms with van der Waals surface area (Å²) in [4.78, 5) is 0. The van der Waals surface area contributed by atoms with E-state index in [-0.39, 0.29) is 5.75 Å². The molecule has 84 valence electrons. The number of aromatic amines is 1. The molecule has 7 heteroatoms. The summed E-state index contributed by atoms with van der Waals surface area (Å²) < 4.78 is 25.8. The van der Waals surface area contributed by atoms with Gasteiger partial charge in [-0.2, -0.15) is 5.10 Å². The molecular weight excluding hydrogens is 234 g/mol. The Morgan fingerprint density at radius 3 is 2.80 bits per heavy atom. The van der Waals surface area contributed by atoms with E-state index in [0.29, 0.717) is 17.0 Å². The maximum atomic E-state index is 11.8. The van der Waals surface area contributed by atoms with Crippen molar-refractivity contribution in [3.05, 3.63) is 10.6 Å². The highest BCUT2D eigenvalue weighted by Crippen LogP contribution is 2.31. The molecule has 0 radical (unpaired) electrons. The molecule has 1 aliphatic rings. The first-order valence-electron chi connectivity index (χ1n) is 4.85. The van der Waals surface area contributed by atoms with Crippen molar-refractivity contribution in [2.24, 2.45) is 7.05 Å². The topological polar surface area (TPSA) is 67.8 Å². The molecule has 0 spiro atoms. The molecule has 1 aromatic heterocycles. The Morgan fingerprint density at radius 1 is 1.53 bits per heavy atom. The second kappa shape index (κ2) is 3.71. The minimum atomic E-state index is -3.04. The summed E-state index contributed by atoms with van der Waals surface area (Å²) >= 11 is 4.97. The van der Waals surface area contributed by atoms with Gasteiger partial charge in [0, 0.05) is 7.05 Å². The highest BCUT2D eigenvalue weighted by molar-refractivity contribution is 7.91. The lowest BCUT2D eigenvalue weighted by Gasteiger charge is -2.20. The Morgan fingerprint density at radius 2 is 2.27 bits per heavy atom. The Kier molecular flexibility index (Phi) is 2.68. The van der Waals surface area contributed by atoms with Crippen LogP contribution in [-0.4, -0.2) is 28.9 Å². The third-order valence-electron chi connectivity index (χ3n) is 2.78. The van der Waals surface area contributed by atoms with E-state index in [0.717, 1.165) is 12.8 Å². The predicted molar refractivity (Wildman–Crippen MR) is 58.8 cm³/mol. The van der Waals surface area contributed by atoms with E-state index in [1.165, 1.54) is 0 Å². The number of nitrogens with zero attached hydrogens (tertiary/aromatic N) is 2. The van der Waals surface area contributed by atoms with Crippen LogP contribution in [0.5, 0.6) is 0 Å². The Labute approximate surface area is 93.4 Å². The van der Waals surface area contributed by atoms with Gasteiger partial charge in [0.1, 0.15) is 11.1 Å². The molecule has 2 rings (SSSR count). The summed E-state index contributed by atoms with van der Waals surface area (Å²) in [6.07, 6.45) is 2.34. The molecule has 1 fully saturated rings. The molecule has 1 aliphatic heterocycles. The SMILES string of the molecule is Cn1c(C2CCCCS2(=O)=O)n[nH]c1=S. The average molecular weight is 247 g/mol. The molecular formula is C8H13N3O2S2. The van der Waals surface area contributed by atoms with Gasteiger partial charge in [-0.25, -0.2) is 8.42 Å². The fourth-order valence-electron chi connectivity index (χ4n) is 1.89. The zero-order chi connectivity index (χ0) is 11.1. The molecule has 1 atom stereocenters. The first-order chi connectivity index (χ1) is 7.02. The van der Waals surface area contributed by atoms with Crippen LogP contribution in [0.25, 0.3) is 0 Å². The summed E-state index contributed by atoms with van der Waals surface area (Å²) in [5.74, 6) is 0.803. The van der Waals surface area contributed by atoms with Crippen molar-refractivity contribution in [2.75, 3.05) is 5.75 Å². The van der Waals surface area contributed by atoms with Gasteiger partial charge >= 0.3 is 0 Å². The molecule has 1 saturated heterocycles. The molecule has 2 heterocycles. The van der Waals surface area contributed by atoms with Crippen LogP contribution in [0.15, 0.2) is 0 Å². The monoisotopic (exact) mass is 247 g/mol. The van der Waals surface area contributed by atoms with Crippen LogP contribution in [0.4, 0.5) is 0 Å². The van der Waals surface area contributed by atoms with Gasteiger partial charge in [0.05, 0.1) is 5.75 Å². The van der Waals surface area contributed by atoms with E-state index in [9.17, 15) is 8.42 Å². The standard InChI is InChI=1S/C8H13N3O2S2/c1-11-7(9-10-8(11)14)6-4-2-3-5-15(6,12)13/h6H,2-5H2,1H3,(H,10,14). The van der Waals surface area contributed by atoms with E-state index in [1.807, 2.05) is 0 Å². The van der Waals surface area contributed by atoms with Gasteiger partial charge in [-0.1, -0.05) is 6.42 Å². The van der Waals surface area contributed by atoms with Gasteiger partial charge in [-0.3, -0.25) is 5.10 Å². The van der Waals surface area contributed by atoms with Crippen molar-refractivity contribution in [3.63, 3.8) is 0 Å². The van der Waals surface area contributed by atoms with Crippen LogP contribution in [-0.2, 0) is 16.9 Å². The fourth-order valence-corrected chi connectivity index (χ4v) is 3.98. The van der Waals surface area contributed by atoms with E-state index in [1.54, 1.807) is 11.6 Å². The molecule has 1 aromatic rings. The normalized spacial score (nSPS) is 25.3. The predicted octanol–water partition coefficient (Wildman–Crippen LogP) is 1.12.